The van der Waals surface area contributed by atoms with Crippen LogP contribution in [0.4, 0.5) is 0 Å². The van der Waals surface area contributed by atoms with Crippen LogP contribution in [-0.2, 0) is 0 Å². The van der Waals surface area contributed by atoms with Crippen molar-refractivity contribution in [2.75, 3.05) is 33.2 Å². The van der Waals surface area contributed by atoms with Crippen LogP contribution in [0, 0.1) is 5.41 Å². The fourth-order valence-electron chi connectivity index (χ4n) is 1.99. The van der Waals surface area contributed by atoms with E-state index in [4.69, 9.17) is 0 Å². The average molecular weight is 214 g/mol. The van der Waals surface area contributed by atoms with Gasteiger partial charge in [-0.25, -0.2) is 0 Å². The Morgan fingerprint density at radius 3 is 2.07 bits per heavy atom. The minimum Gasteiger partial charge on any atom is -0.316 e. The highest BCUT2D eigenvalue weighted by atomic mass is 15.1. The first-order valence-electron chi connectivity index (χ1n) is 6.53. The van der Waals surface area contributed by atoms with Gasteiger partial charge in [0.1, 0.15) is 0 Å². The zero-order valence-electron chi connectivity index (χ0n) is 11.4. The second kappa shape index (κ2) is 8.12. The van der Waals surface area contributed by atoms with Crippen LogP contribution in [0.25, 0.3) is 0 Å². The Hall–Kier alpha value is -0.0800. The summed E-state index contributed by atoms with van der Waals surface area (Å²) in [7, 11) is 2.22. The second-order valence-corrected chi connectivity index (χ2v) is 4.71. The molecule has 15 heavy (non-hydrogen) atoms. The van der Waals surface area contributed by atoms with Gasteiger partial charge in [0.15, 0.2) is 0 Å². The van der Waals surface area contributed by atoms with E-state index in [9.17, 15) is 0 Å². The van der Waals surface area contributed by atoms with E-state index >= 15 is 0 Å². The normalized spacial score (nSPS) is 12.4. The summed E-state index contributed by atoms with van der Waals surface area (Å²) in [6.45, 7) is 13.8. The van der Waals surface area contributed by atoms with Gasteiger partial charge in [-0.1, -0.05) is 27.7 Å². The van der Waals surface area contributed by atoms with Gasteiger partial charge in [-0.15, -0.1) is 0 Å². The molecule has 1 N–H and O–H groups in total. The van der Waals surface area contributed by atoms with Crippen LogP contribution in [0.1, 0.15) is 47.0 Å². The number of nitrogens with zero attached hydrogens (tertiary/aromatic N) is 1. The summed E-state index contributed by atoms with van der Waals surface area (Å²) in [5.74, 6) is 0. The molecule has 0 unspecified atom stereocenters. The molecule has 0 heterocycles. The molecule has 0 aliphatic heterocycles. The molecule has 2 nitrogen and oxygen atoms in total. The number of rotatable bonds is 9. The first-order valence-corrected chi connectivity index (χ1v) is 6.53. The molecule has 0 aromatic carbocycles. The van der Waals surface area contributed by atoms with E-state index in [1.165, 1.54) is 25.8 Å². The maximum absolute atomic E-state index is 3.58. The van der Waals surface area contributed by atoms with Crippen molar-refractivity contribution < 1.29 is 0 Å². The van der Waals surface area contributed by atoms with E-state index in [1.54, 1.807) is 0 Å². The predicted molar refractivity (Wildman–Crippen MR) is 69.3 cm³/mol. The van der Waals surface area contributed by atoms with Crippen molar-refractivity contribution in [3.63, 3.8) is 0 Å². The Morgan fingerprint density at radius 1 is 1.07 bits per heavy atom. The Balaban J connectivity index is 4.16. The Kier molecular flexibility index (Phi) is 8.07. The molecular weight excluding hydrogens is 184 g/mol. The molecular formula is C13H30N2. The van der Waals surface area contributed by atoms with Gasteiger partial charge in [0, 0.05) is 13.1 Å². The molecule has 92 valence electrons. The third-order valence-corrected chi connectivity index (χ3v) is 3.57. The summed E-state index contributed by atoms with van der Waals surface area (Å²) in [6.07, 6.45) is 3.77. The van der Waals surface area contributed by atoms with Gasteiger partial charge in [-0.2, -0.15) is 0 Å². The smallest absolute Gasteiger partial charge is 0.00468 e. The molecule has 0 rings (SSSR count). The van der Waals surface area contributed by atoms with E-state index in [0.717, 1.165) is 19.6 Å². The Morgan fingerprint density at radius 2 is 1.67 bits per heavy atom. The van der Waals surface area contributed by atoms with E-state index in [0.29, 0.717) is 5.41 Å². The van der Waals surface area contributed by atoms with Gasteiger partial charge in [-0.05, 0) is 44.8 Å². The third kappa shape index (κ3) is 5.53. The van der Waals surface area contributed by atoms with Gasteiger partial charge in [0.05, 0.1) is 0 Å². The van der Waals surface area contributed by atoms with Crippen LogP contribution in [0.15, 0.2) is 0 Å². The molecule has 0 amide bonds. The van der Waals surface area contributed by atoms with Crippen molar-refractivity contribution in [1.82, 2.24) is 10.2 Å². The highest BCUT2D eigenvalue weighted by molar-refractivity contribution is 4.81. The van der Waals surface area contributed by atoms with Crippen LogP contribution in [0.5, 0.6) is 0 Å². The summed E-state index contributed by atoms with van der Waals surface area (Å²) in [5, 5.41) is 3.58. The molecule has 0 aromatic rings. The Bertz CT molecular complexity index is 141. The summed E-state index contributed by atoms with van der Waals surface area (Å²) >= 11 is 0. The molecule has 0 fully saturated rings. The number of hydrogen-bond acceptors (Lipinski definition) is 2. The molecule has 2 heteroatoms. The summed E-state index contributed by atoms with van der Waals surface area (Å²) in [6, 6.07) is 0. The van der Waals surface area contributed by atoms with Gasteiger partial charge < -0.3 is 10.2 Å². The van der Waals surface area contributed by atoms with Crippen molar-refractivity contribution >= 4 is 0 Å². The largest absolute Gasteiger partial charge is 0.316 e. The molecule has 0 radical (unpaired) electrons. The predicted octanol–water partition coefficient (Wildman–Crippen LogP) is 2.74. The lowest BCUT2D eigenvalue weighted by Gasteiger charge is -2.35. The van der Waals surface area contributed by atoms with Crippen LogP contribution in [0.3, 0.4) is 0 Å². The van der Waals surface area contributed by atoms with E-state index in [1.807, 2.05) is 0 Å². The average Bonchev–Trinajstić information content (AvgIpc) is 2.27. The monoisotopic (exact) mass is 214 g/mol. The maximum atomic E-state index is 3.58. The zero-order chi connectivity index (χ0) is 11.7. The van der Waals surface area contributed by atoms with E-state index < -0.39 is 0 Å². The highest BCUT2D eigenvalue weighted by Gasteiger charge is 2.26. The molecule has 0 atom stereocenters. The van der Waals surface area contributed by atoms with Crippen molar-refractivity contribution in [1.29, 1.82) is 0 Å². The van der Waals surface area contributed by atoms with Crippen LogP contribution in [0.2, 0.25) is 0 Å². The van der Waals surface area contributed by atoms with Crippen LogP contribution < -0.4 is 5.32 Å². The van der Waals surface area contributed by atoms with Crippen molar-refractivity contribution in [3.8, 4) is 0 Å². The summed E-state index contributed by atoms with van der Waals surface area (Å²) in [5.41, 5.74) is 0.472. The lowest BCUT2D eigenvalue weighted by atomic mass is 9.81. The van der Waals surface area contributed by atoms with Gasteiger partial charge in [0.2, 0.25) is 0 Å². The standard InChI is InChI=1S/C13H30N2/c1-6-10-14-11-13(7-2,8-3)12-15(5)9-4/h14H,6-12H2,1-5H3. The first-order chi connectivity index (χ1) is 7.14. The third-order valence-electron chi connectivity index (χ3n) is 3.57. The Labute approximate surface area is 96.4 Å². The van der Waals surface area contributed by atoms with Gasteiger partial charge in [0.25, 0.3) is 0 Å². The van der Waals surface area contributed by atoms with E-state index in [2.05, 4.69) is 45.0 Å². The van der Waals surface area contributed by atoms with E-state index in [-0.39, 0.29) is 0 Å². The fraction of sp³-hybridized carbons (Fsp3) is 1.00. The first kappa shape index (κ1) is 14.9. The highest BCUT2D eigenvalue weighted by Crippen LogP contribution is 2.26. The minimum atomic E-state index is 0.472. The minimum absolute atomic E-state index is 0.472. The van der Waals surface area contributed by atoms with Gasteiger partial charge >= 0.3 is 0 Å². The maximum Gasteiger partial charge on any atom is 0.00468 e. The second-order valence-electron chi connectivity index (χ2n) is 4.71. The summed E-state index contributed by atoms with van der Waals surface area (Å²) in [4.78, 5) is 2.43. The summed E-state index contributed by atoms with van der Waals surface area (Å²) < 4.78 is 0. The number of hydrogen-bond donors (Lipinski definition) is 1. The van der Waals surface area contributed by atoms with Crippen LogP contribution in [-0.4, -0.2) is 38.1 Å². The molecule has 0 aliphatic carbocycles. The molecule has 0 saturated heterocycles. The molecule has 0 aromatic heterocycles. The molecule has 0 spiro atoms. The lowest BCUT2D eigenvalue weighted by molar-refractivity contribution is 0.160. The van der Waals surface area contributed by atoms with Crippen molar-refractivity contribution in [2.45, 2.75) is 47.0 Å². The van der Waals surface area contributed by atoms with Gasteiger partial charge in [-0.3, -0.25) is 0 Å². The molecule has 0 saturated carbocycles. The number of nitrogens with one attached hydrogen (secondary N) is 1. The fourth-order valence-corrected chi connectivity index (χ4v) is 1.99. The van der Waals surface area contributed by atoms with Crippen LogP contribution >= 0.6 is 0 Å². The lowest BCUT2D eigenvalue weighted by Crippen LogP contribution is -2.42. The molecule has 0 bridgehead atoms. The quantitative estimate of drug-likeness (QED) is 0.594. The SMILES string of the molecule is CCCNCC(CC)(CC)CN(C)CC. The van der Waals surface area contributed by atoms with Crippen molar-refractivity contribution in [3.05, 3.63) is 0 Å². The zero-order valence-corrected chi connectivity index (χ0v) is 11.4. The topological polar surface area (TPSA) is 15.3 Å². The molecule has 0 aliphatic rings. The van der Waals surface area contributed by atoms with Crippen molar-refractivity contribution in [2.24, 2.45) is 5.41 Å².